The van der Waals surface area contributed by atoms with Gasteiger partial charge < -0.3 is 5.32 Å². The van der Waals surface area contributed by atoms with Gasteiger partial charge in [0.25, 0.3) is 0 Å². The van der Waals surface area contributed by atoms with Gasteiger partial charge in [0.1, 0.15) is 0 Å². The lowest BCUT2D eigenvalue weighted by molar-refractivity contribution is 0.248. The average Bonchev–Trinajstić information content (AvgIpc) is 2.85. The maximum absolute atomic E-state index is 3.62. The van der Waals surface area contributed by atoms with Crippen molar-refractivity contribution in [2.45, 2.75) is 59.8 Å². The largest absolute Gasteiger partial charge is 0.316 e. The Labute approximate surface area is 117 Å². The minimum atomic E-state index is 0.449. The van der Waals surface area contributed by atoms with Gasteiger partial charge in [-0.15, -0.1) is 11.3 Å². The van der Waals surface area contributed by atoms with Crippen LogP contribution in [0.25, 0.3) is 0 Å². The SMILES string of the molecule is CCCNCC(CC)(CC)Cc1ccc(CC)s1. The van der Waals surface area contributed by atoms with E-state index in [0.29, 0.717) is 5.41 Å². The van der Waals surface area contributed by atoms with Gasteiger partial charge >= 0.3 is 0 Å². The van der Waals surface area contributed by atoms with Crippen LogP contribution in [-0.4, -0.2) is 13.1 Å². The number of thiophene rings is 1. The van der Waals surface area contributed by atoms with E-state index in [1.165, 1.54) is 37.0 Å². The van der Waals surface area contributed by atoms with Gasteiger partial charge in [-0.05, 0) is 56.2 Å². The molecule has 104 valence electrons. The highest BCUT2D eigenvalue weighted by atomic mass is 32.1. The van der Waals surface area contributed by atoms with Crippen LogP contribution in [0.15, 0.2) is 12.1 Å². The summed E-state index contributed by atoms with van der Waals surface area (Å²) in [5, 5.41) is 3.62. The zero-order valence-corrected chi connectivity index (χ0v) is 13.3. The fourth-order valence-corrected chi connectivity index (χ4v) is 3.55. The van der Waals surface area contributed by atoms with E-state index >= 15 is 0 Å². The Kier molecular flexibility index (Phi) is 6.95. The van der Waals surface area contributed by atoms with Crippen molar-refractivity contribution in [2.24, 2.45) is 5.41 Å². The summed E-state index contributed by atoms with van der Waals surface area (Å²) in [6.07, 6.45) is 6.16. The number of nitrogens with one attached hydrogen (secondary N) is 1. The molecule has 1 rings (SSSR count). The van der Waals surface area contributed by atoms with Crippen molar-refractivity contribution in [3.05, 3.63) is 21.9 Å². The molecule has 0 aliphatic rings. The van der Waals surface area contributed by atoms with Crippen LogP contribution in [0.4, 0.5) is 0 Å². The molecule has 0 atom stereocenters. The van der Waals surface area contributed by atoms with Crippen LogP contribution in [0.3, 0.4) is 0 Å². The van der Waals surface area contributed by atoms with Crippen molar-refractivity contribution in [3.63, 3.8) is 0 Å². The molecule has 0 unspecified atom stereocenters. The van der Waals surface area contributed by atoms with Gasteiger partial charge in [-0.25, -0.2) is 0 Å². The normalized spacial score (nSPS) is 12.0. The van der Waals surface area contributed by atoms with Crippen molar-refractivity contribution < 1.29 is 0 Å². The summed E-state index contributed by atoms with van der Waals surface area (Å²) < 4.78 is 0. The number of aryl methyl sites for hydroxylation is 1. The fraction of sp³-hybridized carbons (Fsp3) is 0.750. The second-order valence-electron chi connectivity index (χ2n) is 5.28. The van der Waals surface area contributed by atoms with E-state index in [2.05, 4.69) is 45.1 Å². The first-order chi connectivity index (χ1) is 8.69. The Morgan fingerprint density at radius 2 is 1.72 bits per heavy atom. The minimum Gasteiger partial charge on any atom is -0.316 e. The quantitative estimate of drug-likeness (QED) is 0.642. The lowest BCUT2D eigenvalue weighted by Crippen LogP contribution is -2.35. The van der Waals surface area contributed by atoms with Crippen LogP contribution < -0.4 is 5.32 Å². The number of hydrogen-bond acceptors (Lipinski definition) is 2. The smallest absolute Gasteiger partial charge is 0.00541 e. The van der Waals surface area contributed by atoms with Crippen LogP contribution in [0.2, 0.25) is 0 Å². The molecule has 0 aromatic carbocycles. The summed E-state index contributed by atoms with van der Waals surface area (Å²) in [4.78, 5) is 3.08. The van der Waals surface area contributed by atoms with Crippen molar-refractivity contribution in [3.8, 4) is 0 Å². The van der Waals surface area contributed by atoms with E-state index < -0.39 is 0 Å². The molecular weight excluding hydrogens is 238 g/mol. The molecule has 2 heteroatoms. The van der Waals surface area contributed by atoms with E-state index in [1.54, 1.807) is 4.88 Å². The Balaban J connectivity index is 2.65. The maximum Gasteiger partial charge on any atom is 0.00541 e. The molecule has 1 aromatic heterocycles. The predicted molar refractivity (Wildman–Crippen MR) is 83.6 cm³/mol. The second-order valence-corrected chi connectivity index (χ2v) is 6.54. The molecule has 1 heterocycles. The number of hydrogen-bond donors (Lipinski definition) is 1. The Morgan fingerprint density at radius 1 is 1.06 bits per heavy atom. The highest BCUT2D eigenvalue weighted by Crippen LogP contribution is 2.33. The van der Waals surface area contributed by atoms with Crippen LogP contribution in [0, 0.1) is 5.41 Å². The van der Waals surface area contributed by atoms with Crippen LogP contribution >= 0.6 is 11.3 Å². The minimum absolute atomic E-state index is 0.449. The monoisotopic (exact) mass is 267 g/mol. The molecule has 1 aromatic rings. The standard InChI is InChI=1S/C16H29NS/c1-5-11-17-13-16(7-3,8-4)12-15-10-9-14(6-2)18-15/h9-10,17H,5-8,11-13H2,1-4H3. The highest BCUT2D eigenvalue weighted by molar-refractivity contribution is 7.11. The molecule has 0 amide bonds. The maximum atomic E-state index is 3.62. The summed E-state index contributed by atoms with van der Waals surface area (Å²) >= 11 is 2.00. The molecule has 0 aliphatic carbocycles. The van der Waals surface area contributed by atoms with E-state index in [1.807, 2.05) is 11.3 Å². The first-order valence-electron chi connectivity index (χ1n) is 7.48. The van der Waals surface area contributed by atoms with Gasteiger partial charge in [-0.3, -0.25) is 0 Å². The van der Waals surface area contributed by atoms with E-state index in [9.17, 15) is 0 Å². The van der Waals surface area contributed by atoms with Gasteiger partial charge in [0.2, 0.25) is 0 Å². The summed E-state index contributed by atoms with van der Waals surface area (Å²) in [7, 11) is 0. The summed E-state index contributed by atoms with van der Waals surface area (Å²) in [6, 6.07) is 4.64. The zero-order valence-electron chi connectivity index (χ0n) is 12.5. The average molecular weight is 267 g/mol. The van der Waals surface area contributed by atoms with Crippen LogP contribution in [0.1, 0.15) is 56.7 Å². The van der Waals surface area contributed by atoms with Crippen molar-refractivity contribution in [1.29, 1.82) is 0 Å². The third-order valence-electron chi connectivity index (χ3n) is 4.04. The summed E-state index contributed by atoms with van der Waals surface area (Å²) in [6.45, 7) is 11.5. The summed E-state index contributed by atoms with van der Waals surface area (Å²) in [5.74, 6) is 0. The van der Waals surface area contributed by atoms with Crippen LogP contribution in [0.5, 0.6) is 0 Å². The van der Waals surface area contributed by atoms with Gasteiger partial charge in [0.15, 0.2) is 0 Å². The molecule has 0 saturated heterocycles. The van der Waals surface area contributed by atoms with E-state index in [0.717, 1.165) is 13.1 Å². The topological polar surface area (TPSA) is 12.0 Å². The molecular formula is C16H29NS. The Bertz CT molecular complexity index is 326. The lowest BCUT2D eigenvalue weighted by atomic mass is 9.78. The van der Waals surface area contributed by atoms with Crippen LogP contribution in [-0.2, 0) is 12.8 Å². The molecule has 1 nitrogen and oxygen atoms in total. The molecule has 0 bridgehead atoms. The fourth-order valence-electron chi connectivity index (χ4n) is 2.42. The third-order valence-corrected chi connectivity index (χ3v) is 5.27. The molecule has 0 aliphatic heterocycles. The molecule has 0 radical (unpaired) electrons. The lowest BCUT2D eigenvalue weighted by Gasteiger charge is -2.31. The highest BCUT2D eigenvalue weighted by Gasteiger charge is 2.26. The number of rotatable bonds is 9. The second kappa shape index (κ2) is 7.96. The molecule has 0 spiro atoms. The third kappa shape index (κ3) is 4.40. The van der Waals surface area contributed by atoms with Crippen molar-refractivity contribution >= 4 is 11.3 Å². The van der Waals surface area contributed by atoms with Gasteiger partial charge in [-0.2, -0.15) is 0 Å². The first kappa shape index (κ1) is 15.7. The van der Waals surface area contributed by atoms with E-state index in [-0.39, 0.29) is 0 Å². The van der Waals surface area contributed by atoms with Crippen molar-refractivity contribution in [2.75, 3.05) is 13.1 Å². The van der Waals surface area contributed by atoms with E-state index in [4.69, 9.17) is 0 Å². The zero-order chi connectivity index (χ0) is 13.4. The summed E-state index contributed by atoms with van der Waals surface area (Å²) in [5.41, 5.74) is 0.449. The predicted octanol–water partition coefficient (Wildman–Crippen LogP) is 4.66. The Morgan fingerprint density at radius 3 is 2.22 bits per heavy atom. The van der Waals surface area contributed by atoms with Gasteiger partial charge in [0.05, 0.1) is 0 Å². The Hall–Kier alpha value is -0.340. The molecule has 18 heavy (non-hydrogen) atoms. The van der Waals surface area contributed by atoms with Gasteiger partial charge in [-0.1, -0.05) is 27.7 Å². The molecule has 0 saturated carbocycles. The molecule has 1 N–H and O–H groups in total. The first-order valence-corrected chi connectivity index (χ1v) is 8.29. The van der Waals surface area contributed by atoms with Crippen molar-refractivity contribution in [1.82, 2.24) is 5.32 Å². The molecule has 0 fully saturated rings. The van der Waals surface area contributed by atoms with Gasteiger partial charge in [0, 0.05) is 16.3 Å².